The molecule has 1 aliphatic carbocycles. The molecule has 0 bridgehead atoms. The van der Waals surface area contributed by atoms with Crippen LogP contribution in [0.5, 0.6) is 0 Å². The molecule has 0 saturated carbocycles. The molecule has 152 valence electrons. The molecule has 29 heavy (non-hydrogen) atoms. The third-order valence-electron chi connectivity index (χ3n) is 6.27. The Labute approximate surface area is 168 Å². The Morgan fingerprint density at radius 1 is 0.862 bits per heavy atom. The van der Waals surface area contributed by atoms with Gasteiger partial charge in [0.2, 0.25) is 0 Å². The lowest BCUT2D eigenvalue weighted by molar-refractivity contribution is 0.365. The lowest BCUT2D eigenvalue weighted by atomic mass is 9.69. The van der Waals surface area contributed by atoms with Gasteiger partial charge in [0.05, 0.1) is 0 Å². The summed E-state index contributed by atoms with van der Waals surface area (Å²) in [5, 5.41) is 1.41. The van der Waals surface area contributed by atoms with Crippen LogP contribution in [-0.4, -0.2) is 0 Å². The van der Waals surface area contributed by atoms with Gasteiger partial charge in [-0.3, -0.25) is 0 Å². The zero-order valence-electron chi connectivity index (χ0n) is 16.5. The van der Waals surface area contributed by atoms with Crippen LogP contribution in [0.3, 0.4) is 0 Å². The molecule has 3 aromatic carbocycles. The average molecular weight is 400 g/mol. The van der Waals surface area contributed by atoms with E-state index < -0.39 is 17.5 Å². The molecule has 0 aliphatic heterocycles. The van der Waals surface area contributed by atoms with Crippen LogP contribution in [0.1, 0.15) is 61.6 Å². The lowest BCUT2D eigenvalue weighted by Gasteiger charge is -2.35. The highest BCUT2D eigenvalue weighted by Crippen LogP contribution is 2.45. The number of hydrogen-bond acceptors (Lipinski definition) is 0. The second-order valence-corrected chi connectivity index (χ2v) is 8.04. The van der Waals surface area contributed by atoms with Gasteiger partial charge in [-0.25, -0.2) is 17.6 Å². The maximum Gasteiger partial charge on any atom is 0.194 e. The number of fused-ring (bicyclic) bond motifs is 3. The minimum absolute atomic E-state index is 0.212. The van der Waals surface area contributed by atoms with Gasteiger partial charge in [0.1, 0.15) is 5.82 Å². The molecule has 0 aromatic heterocycles. The van der Waals surface area contributed by atoms with E-state index in [1.54, 1.807) is 12.1 Å². The van der Waals surface area contributed by atoms with Crippen molar-refractivity contribution in [2.75, 3.05) is 0 Å². The van der Waals surface area contributed by atoms with Crippen LogP contribution in [0.25, 0.3) is 10.8 Å². The van der Waals surface area contributed by atoms with Crippen LogP contribution in [-0.2, 0) is 6.42 Å². The summed E-state index contributed by atoms with van der Waals surface area (Å²) in [5.41, 5.74) is 2.46. The average Bonchev–Trinajstić information content (AvgIpc) is 2.71. The summed E-state index contributed by atoms with van der Waals surface area (Å²) in [6.07, 6.45) is 5.84. The predicted octanol–water partition coefficient (Wildman–Crippen LogP) is 7.67. The van der Waals surface area contributed by atoms with E-state index in [0.717, 1.165) is 67.2 Å². The summed E-state index contributed by atoms with van der Waals surface area (Å²) in [6, 6.07) is 10.9. The predicted molar refractivity (Wildman–Crippen MR) is 108 cm³/mol. The Morgan fingerprint density at radius 3 is 2.34 bits per heavy atom. The molecule has 0 unspecified atom stereocenters. The molecule has 0 radical (unpaired) electrons. The third-order valence-corrected chi connectivity index (χ3v) is 6.27. The quantitative estimate of drug-likeness (QED) is 0.234. The van der Waals surface area contributed by atoms with Crippen LogP contribution < -0.4 is 0 Å². The summed E-state index contributed by atoms with van der Waals surface area (Å²) in [5.74, 6) is -4.05. The van der Waals surface area contributed by atoms with Crippen molar-refractivity contribution in [2.45, 2.75) is 51.4 Å². The van der Waals surface area contributed by atoms with Crippen molar-refractivity contribution < 1.29 is 17.6 Å². The van der Waals surface area contributed by atoms with Crippen LogP contribution >= 0.6 is 0 Å². The van der Waals surface area contributed by atoms with E-state index in [-0.39, 0.29) is 17.7 Å². The summed E-state index contributed by atoms with van der Waals surface area (Å²) in [4.78, 5) is 0. The molecule has 4 rings (SSSR count). The SMILES string of the molecule is CCCCC[C@@H]1CCc2c(ccc3c(F)cccc23)[C@H]1c1cc(F)c(F)c(F)c1. The number of unbranched alkanes of at least 4 members (excludes halogenated alkanes) is 2. The Morgan fingerprint density at radius 2 is 1.62 bits per heavy atom. The molecule has 0 heterocycles. The first-order valence-corrected chi connectivity index (χ1v) is 10.4. The lowest BCUT2D eigenvalue weighted by Crippen LogP contribution is -2.23. The highest BCUT2D eigenvalue weighted by atomic mass is 19.2. The van der Waals surface area contributed by atoms with Crippen molar-refractivity contribution in [3.63, 3.8) is 0 Å². The molecule has 2 atom stereocenters. The van der Waals surface area contributed by atoms with Gasteiger partial charge in [-0.15, -0.1) is 0 Å². The van der Waals surface area contributed by atoms with Crippen molar-refractivity contribution >= 4 is 10.8 Å². The van der Waals surface area contributed by atoms with Crippen LogP contribution in [0, 0.1) is 29.2 Å². The van der Waals surface area contributed by atoms with Gasteiger partial charge in [-0.05, 0) is 65.5 Å². The van der Waals surface area contributed by atoms with E-state index in [0.29, 0.717) is 10.9 Å². The first-order valence-electron chi connectivity index (χ1n) is 10.4. The number of rotatable bonds is 5. The normalized spacial score (nSPS) is 18.8. The first kappa shape index (κ1) is 19.9. The smallest absolute Gasteiger partial charge is 0.194 e. The maximum absolute atomic E-state index is 14.3. The number of benzene rings is 3. The van der Waals surface area contributed by atoms with Crippen molar-refractivity contribution in [3.05, 3.63) is 82.4 Å². The summed E-state index contributed by atoms with van der Waals surface area (Å²) in [6.45, 7) is 2.14. The van der Waals surface area contributed by atoms with E-state index in [9.17, 15) is 17.6 Å². The van der Waals surface area contributed by atoms with Gasteiger partial charge in [-0.2, -0.15) is 0 Å². The Kier molecular flexibility index (Phi) is 5.62. The molecule has 0 fully saturated rings. The fourth-order valence-corrected chi connectivity index (χ4v) is 4.89. The molecular formula is C25H24F4. The minimum atomic E-state index is -1.44. The van der Waals surface area contributed by atoms with Gasteiger partial charge in [-0.1, -0.05) is 50.5 Å². The van der Waals surface area contributed by atoms with Gasteiger partial charge in [0.25, 0.3) is 0 Å². The zero-order valence-corrected chi connectivity index (χ0v) is 16.5. The van der Waals surface area contributed by atoms with E-state index >= 15 is 0 Å². The van der Waals surface area contributed by atoms with Crippen LogP contribution in [0.2, 0.25) is 0 Å². The summed E-state index contributed by atoms with van der Waals surface area (Å²) in [7, 11) is 0. The van der Waals surface area contributed by atoms with Gasteiger partial charge < -0.3 is 0 Å². The third kappa shape index (κ3) is 3.65. The Hall–Kier alpha value is -2.36. The van der Waals surface area contributed by atoms with E-state index in [4.69, 9.17) is 0 Å². The molecule has 3 aromatic rings. The summed E-state index contributed by atoms with van der Waals surface area (Å²) >= 11 is 0. The Bertz CT molecular complexity index is 1020. The molecule has 0 spiro atoms. The molecule has 0 nitrogen and oxygen atoms in total. The highest BCUT2D eigenvalue weighted by Gasteiger charge is 2.32. The highest BCUT2D eigenvalue weighted by molar-refractivity contribution is 5.88. The molecule has 4 heteroatoms. The van der Waals surface area contributed by atoms with E-state index in [1.807, 2.05) is 12.1 Å². The van der Waals surface area contributed by atoms with Crippen LogP contribution in [0.4, 0.5) is 17.6 Å². The van der Waals surface area contributed by atoms with Crippen molar-refractivity contribution in [1.29, 1.82) is 0 Å². The fourth-order valence-electron chi connectivity index (χ4n) is 4.89. The van der Waals surface area contributed by atoms with Crippen molar-refractivity contribution in [2.24, 2.45) is 5.92 Å². The van der Waals surface area contributed by atoms with Crippen LogP contribution in [0.15, 0.2) is 42.5 Å². The number of hydrogen-bond donors (Lipinski definition) is 0. The van der Waals surface area contributed by atoms with E-state index in [1.165, 1.54) is 6.07 Å². The van der Waals surface area contributed by atoms with Gasteiger partial charge in [0, 0.05) is 11.3 Å². The van der Waals surface area contributed by atoms with Gasteiger partial charge in [0.15, 0.2) is 17.5 Å². The second-order valence-electron chi connectivity index (χ2n) is 8.04. The molecule has 1 aliphatic rings. The molecule has 0 amide bonds. The van der Waals surface area contributed by atoms with Crippen molar-refractivity contribution in [3.8, 4) is 0 Å². The first-order chi connectivity index (χ1) is 14.0. The zero-order chi connectivity index (χ0) is 20.5. The second kappa shape index (κ2) is 8.17. The topological polar surface area (TPSA) is 0 Å². The molecule has 0 N–H and O–H groups in total. The van der Waals surface area contributed by atoms with Crippen molar-refractivity contribution in [1.82, 2.24) is 0 Å². The largest absolute Gasteiger partial charge is 0.206 e. The molecular weight excluding hydrogens is 376 g/mol. The molecule has 0 saturated heterocycles. The standard InChI is InChI=1S/C25H24F4/c1-2-3-4-6-15-9-10-18-17-7-5-8-21(26)19(17)11-12-20(18)24(15)16-13-22(27)25(29)23(28)14-16/h5,7-8,11-15,24H,2-4,6,9-10H2,1H3/t15-,24-/m1/s1. The number of aryl methyl sites for hydroxylation is 1. The van der Waals surface area contributed by atoms with E-state index in [2.05, 4.69) is 6.92 Å². The van der Waals surface area contributed by atoms with Gasteiger partial charge >= 0.3 is 0 Å². The fraction of sp³-hybridized carbons (Fsp3) is 0.360. The number of halogens is 4. The summed E-state index contributed by atoms with van der Waals surface area (Å²) < 4.78 is 55.9. The minimum Gasteiger partial charge on any atom is -0.206 e. The monoisotopic (exact) mass is 400 g/mol. The Balaban J connectivity index is 1.86. The maximum atomic E-state index is 14.3.